The van der Waals surface area contributed by atoms with Gasteiger partial charge in [0.1, 0.15) is 5.82 Å². The molecule has 0 nitrogen and oxygen atoms in total. The maximum absolute atomic E-state index is 13.0. The maximum atomic E-state index is 13.0. The summed E-state index contributed by atoms with van der Waals surface area (Å²) in [4.78, 5) is 0. The van der Waals surface area contributed by atoms with Gasteiger partial charge >= 0.3 is 0 Å². The van der Waals surface area contributed by atoms with Gasteiger partial charge in [-0.05, 0) is 80.4 Å². The Bertz CT molecular complexity index is 606. The largest absolute Gasteiger partial charge is 0.207 e. The average Bonchev–Trinajstić information content (AvgIpc) is 2.79. The summed E-state index contributed by atoms with van der Waals surface area (Å²) in [6.07, 6.45) is 26.4. The van der Waals surface area contributed by atoms with Gasteiger partial charge in [0.05, 0.1) is 0 Å². The molecule has 30 heavy (non-hydrogen) atoms. The summed E-state index contributed by atoms with van der Waals surface area (Å²) < 4.78 is 13.0. The molecule has 0 radical (unpaired) electrons. The van der Waals surface area contributed by atoms with Crippen molar-refractivity contribution in [1.82, 2.24) is 0 Å². The van der Waals surface area contributed by atoms with Crippen molar-refractivity contribution in [3.8, 4) is 0 Å². The molecule has 1 aromatic rings. The fourth-order valence-electron chi connectivity index (χ4n) is 5.86. The number of allylic oxidation sites excluding steroid dienone is 2. The molecule has 168 valence electrons. The molecule has 1 unspecified atom stereocenters. The van der Waals surface area contributed by atoms with E-state index in [2.05, 4.69) is 13.0 Å². The molecule has 1 aromatic carbocycles. The van der Waals surface area contributed by atoms with Gasteiger partial charge in [0.2, 0.25) is 0 Å². The van der Waals surface area contributed by atoms with Crippen LogP contribution in [-0.4, -0.2) is 0 Å². The van der Waals surface area contributed by atoms with E-state index in [9.17, 15) is 4.39 Å². The van der Waals surface area contributed by atoms with E-state index < -0.39 is 0 Å². The molecule has 3 rings (SSSR count). The first kappa shape index (κ1) is 23.6. The van der Waals surface area contributed by atoms with E-state index in [-0.39, 0.29) is 5.82 Å². The van der Waals surface area contributed by atoms with Crippen molar-refractivity contribution in [2.45, 2.75) is 116 Å². The van der Waals surface area contributed by atoms with Crippen LogP contribution in [0.4, 0.5) is 4.39 Å². The standard InChI is InChI=1S/C29H45F/c1-2-3-4-5-6-7-8-9-24-12-18-27(19-13-24)28-20-14-25(15-21-28)10-11-26-16-22-29(30)23-17-26/h14,16-17,22-24,27-28H,2-13,15,18-21H2,1H3/t24-,27-,28?. The molecule has 1 heteroatoms. The minimum Gasteiger partial charge on any atom is -0.207 e. The van der Waals surface area contributed by atoms with E-state index in [1.807, 2.05) is 12.1 Å². The molecule has 1 saturated carbocycles. The first-order chi connectivity index (χ1) is 14.7. The first-order valence-electron chi connectivity index (χ1n) is 13.2. The SMILES string of the molecule is CCCCCCCCC[C@H]1CC[C@H](C2CC=C(CCc3ccc(F)cc3)CC2)CC1. The Morgan fingerprint density at radius 2 is 1.47 bits per heavy atom. The summed E-state index contributed by atoms with van der Waals surface area (Å²) in [5, 5.41) is 0. The Hall–Kier alpha value is -1.11. The zero-order chi connectivity index (χ0) is 21.0. The van der Waals surface area contributed by atoms with Crippen LogP contribution in [-0.2, 0) is 6.42 Å². The van der Waals surface area contributed by atoms with Gasteiger partial charge in [-0.15, -0.1) is 0 Å². The third-order valence-corrected chi connectivity index (χ3v) is 7.97. The highest BCUT2D eigenvalue weighted by atomic mass is 19.1. The number of halogens is 1. The molecule has 1 atom stereocenters. The van der Waals surface area contributed by atoms with Gasteiger partial charge in [-0.25, -0.2) is 4.39 Å². The molecule has 0 saturated heterocycles. The molecule has 2 aliphatic rings. The molecule has 0 aromatic heterocycles. The molecule has 0 heterocycles. The minimum absolute atomic E-state index is 0.129. The third-order valence-electron chi connectivity index (χ3n) is 7.97. The lowest BCUT2D eigenvalue weighted by molar-refractivity contribution is 0.185. The van der Waals surface area contributed by atoms with Gasteiger partial charge in [0, 0.05) is 0 Å². The van der Waals surface area contributed by atoms with Crippen molar-refractivity contribution in [2.75, 3.05) is 0 Å². The minimum atomic E-state index is -0.129. The van der Waals surface area contributed by atoms with Gasteiger partial charge in [0.15, 0.2) is 0 Å². The quantitative estimate of drug-likeness (QED) is 0.237. The summed E-state index contributed by atoms with van der Waals surface area (Å²) in [7, 11) is 0. The van der Waals surface area contributed by atoms with Gasteiger partial charge in [0.25, 0.3) is 0 Å². The van der Waals surface area contributed by atoms with Crippen molar-refractivity contribution < 1.29 is 4.39 Å². The van der Waals surface area contributed by atoms with Crippen LogP contribution in [0.15, 0.2) is 35.9 Å². The van der Waals surface area contributed by atoms with Crippen LogP contribution in [0.2, 0.25) is 0 Å². The Kier molecular flexibility index (Phi) is 10.5. The van der Waals surface area contributed by atoms with Gasteiger partial charge in [-0.2, -0.15) is 0 Å². The molecular weight excluding hydrogens is 367 g/mol. The number of hydrogen-bond acceptors (Lipinski definition) is 0. The highest BCUT2D eigenvalue weighted by Crippen LogP contribution is 2.41. The Morgan fingerprint density at radius 1 is 0.767 bits per heavy atom. The van der Waals surface area contributed by atoms with Gasteiger partial charge in [-0.1, -0.05) is 94.9 Å². The van der Waals surface area contributed by atoms with Crippen LogP contribution in [0.25, 0.3) is 0 Å². The predicted molar refractivity (Wildman–Crippen MR) is 128 cm³/mol. The number of aryl methyl sites for hydroxylation is 1. The van der Waals surface area contributed by atoms with E-state index in [0.29, 0.717) is 0 Å². The van der Waals surface area contributed by atoms with Crippen LogP contribution in [0.3, 0.4) is 0 Å². The summed E-state index contributed by atoms with van der Waals surface area (Å²) in [6, 6.07) is 7.05. The zero-order valence-electron chi connectivity index (χ0n) is 19.5. The predicted octanol–water partition coefficient (Wildman–Crippen LogP) is 9.43. The Balaban J connectivity index is 1.27. The molecule has 1 fully saturated rings. The lowest BCUT2D eigenvalue weighted by atomic mass is 9.70. The number of rotatable bonds is 12. The molecular formula is C29H45F. The summed E-state index contributed by atoms with van der Waals surface area (Å²) in [6.45, 7) is 2.30. The van der Waals surface area contributed by atoms with E-state index >= 15 is 0 Å². The van der Waals surface area contributed by atoms with E-state index in [4.69, 9.17) is 0 Å². The van der Waals surface area contributed by atoms with Crippen LogP contribution in [0, 0.1) is 23.6 Å². The van der Waals surface area contributed by atoms with Crippen molar-refractivity contribution in [1.29, 1.82) is 0 Å². The monoisotopic (exact) mass is 412 g/mol. The summed E-state index contributed by atoms with van der Waals surface area (Å²) >= 11 is 0. The van der Waals surface area contributed by atoms with Crippen molar-refractivity contribution >= 4 is 0 Å². The Labute approximate surface area is 185 Å². The third kappa shape index (κ3) is 8.20. The molecule has 2 aliphatic carbocycles. The van der Waals surface area contributed by atoms with Crippen LogP contribution >= 0.6 is 0 Å². The molecule has 0 amide bonds. The van der Waals surface area contributed by atoms with Gasteiger partial charge < -0.3 is 0 Å². The summed E-state index contributed by atoms with van der Waals surface area (Å²) in [5.41, 5.74) is 2.90. The van der Waals surface area contributed by atoms with Crippen LogP contribution in [0.1, 0.15) is 115 Å². The second-order valence-corrected chi connectivity index (χ2v) is 10.2. The number of benzene rings is 1. The maximum Gasteiger partial charge on any atom is 0.123 e. The van der Waals surface area contributed by atoms with Crippen LogP contribution < -0.4 is 0 Å². The fraction of sp³-hybridized carbons (Fsp3) is 0.724. The molecule has 0 bridgehead atoms. The zero-order valence-corrected chi connectivity index (χ0v) is 19.5. The Morgan fingerprint density at radius 3 is 2.13 bits per heavy atom. The second-order valence-electron chi connectivity index (χ2n) is 10.2. The smallest absolute Gasteiger partial charge is 0.123 e. The fourth-order valence-corrected chi connectivity index (χ4v) is 5.86. The van der Waals surface area contributed by atoms with E-state index in [0.717, 1.165) is 30.6 Å². The molecule has 0 aliphatic heterocycles. The highest BCUT2D eigenvalue weighted by molar-refractivity contribution is 5.18. The van der Waals surface area contributed by atoms with E-state index in [1.54, 1.807) is 17.7 Å². The van der Waals surface area contributed by atoms with Crippen molar-refractivity contribution in [2.24, 2.45) is 17.8 Å². The lowest BCUT2D eigenvalue weighted by Gasteiger charge is -2.35. The highest BCUT2D eigenvalue weighted by Gasteiger charge is 2.28. The second kappa shape index (κ2) is 13.3. The molecule has 0 N–H and O–H groups in total. The lowest BCUT2D eigenvalue weighted by Crippen LogP contribution is -2.23. The normalized spacial score (nSPS) is 24.6. The van der Waals surface area contributed by atoms with Crippen LogP contribution in [0.5, 0.6) is 0 Å². The molecule has 0 spiro atoms. The average molecular weight is 413 g/mol. The number of hydrogen-bond donors (Lipinski definition) is 0. The van der Waals surface area contributed by atoms with Crippen molar-refractivity contribution in [3.05, 3.63) is 47.3 Å². The summed E-state index contributed by atoms with van der Waals surface area (Å²) in [5.74, 6) is 2.84. The van der Waals surface area contributed by atoms with Gasteiger partial charge in [-0.3, -0.25) is 0 Å². The topological polar surface area (TPSA) is 0 Å². The van der Waals surface area contributed by atoms with Crippen molar-refractivity contribution in [3.63, 3.8) is 0 Å². The van der Waals surface area contributed by atoms with E-state index in [1.165, 1.54) is 102 Å². The first-order valence-corrected chi connectivity index (χ1v) is 13.2. The number of unbranched alkanes of at least 4 members (excludes halogenated alkanes) is 6.